The number of hydrogen-bond donors (Lipinski definition) is 0. The lowest BCUT2D eigenvalue weighted by molar-refractivity contribution is 0.0918. The van der Waals surface area contributed by atoms with Gasteiger partial charge in [0.2, 0.25) is 5.78 Å². The van der Waals surface area contributed by atoms with Gasteiger partial charge < -0.3 is 9.47 Å². The number of rotatable bonds is 5. The molecule has 0 N–H and O–H groups in total. The molecule has 0 amide bonds. The van der Waals surface area contributed by atoms with Gasteiger partial charge in [0.05, 0.1) is 12.7 Å². The average Bonchev–Trinajstić information content (AvgIpc) is 2.45. The van der Waals surface area contributed by atoms with Crippen molar-refractivity contribution in [1.29, 1.82) is 0 Å². The number of carbonyl (C=O) groups is 1. The maximum atomic E-state index is 12.9. The van der Waals surface area contributed by atoms with Crippen LogP contribution in [0.15, 0.2) is 48.5 Å². The van der Waals surface area contributed by atoms with Crippen molar-refractivity contribution in [3.05, 3.63) is 59.9 Å². The summed E-state index contributed by atoms with van der Waals surface area (Å²) in [7, 11) is 1.50. The summed E-state index contributed by atoms with van der Waals surface area (Å²) in [4.78, 5) is 12.0. The van der Waals surface area contributed by atoms with Gasteiger partial charge in [-0.05, 0) is 24.3 Å². The molecule has 3 nitrogen and oxygen atoms in total. The molecule has 0 atom stereocenters. The number of ketones is 1. The topological polar surface area (TPSA) is 35.5 Å². The van der Waals surface area contributed by atoms with E-state index < -0.39 is 5.82 Å². The predicted molar refractivity (Wildman–Crippen MR) is 69.2 cm³/mol. The van der Waals surface area contributed by atoms with Crippen LogP contribution in [0.1, 0.15) is 10.4 Å². The SMILES string of the molecule is COc1ccccc1C(=O)COc1cccc(F)c1. The first kappa shape index (κ1) is 13.1. The average molecular weight is 260 g/mol. The summed E-state index contributed by atoms with van der Waals surface area (Å²) in [5.74, 6) is 0.197. The van der Waals surface area contributed by atoms with Crippen molar-refractivity contribution in [1.82, 2.24) is 0 Å². The zero-order chi connectivity index (χ0) is 13.7. The van der Waals surface area contributed by atoms with Crippen LogP contribution in [0, 0.1) is 5.82 Å². The molecule has 0 aliphatic heterocycles. The minimum absolute atomic E-state index is 0.163. The minimum Gasteiger partial charge on any atom is -0.496 e. The molecule has 4 heteroatoms. The maximum Gasteiger partial charge on any atom is 0.203 e. The Morgan fingerprint density at radius 2 is 1.95 bits per heavy atom. The lowest BCUT2D eigenvalue weighted by Gasteiger charge is -2.08. The van der Waals surface area contributed by atoms with Gasteiger partial charge in [0.25, 0.3) is 0 Å². The van der Waals surface area contributed by atoms with E-state index in [2.05, 4.69) is 0 Å². The van der Waals surface area contributed by atoms with Crippen molar-refractivity contribution in [2.45, 2.75) is 0 Å². The first-order valence-electron chi connectivity index (χ1n) is 5.75. The van der Waals surface area contributed by atoms with E-state index in [-0.39, 0.29) is 12.4 Å². The fourth-order valence-corrected chi connectivity index (χ4v) is 1.66. The van der Waals surface area contributed by atoms with Gasteiger partial charge in [-0.15, -0.1) is 0 Å². The third kappa shape index (κ3) is 3.31. The van der Waals surface area contributed by atoms with Gasteiger partial charge in [-0.3, -0.25) is 4.79 Å². The molecule has 2 aromatic carbocycles. The number of ether oxygens (including phenoxy) is 2. The molecule has 0 aliphatic rings. The fourth-order valence-electron chi connectivity index (χ4n) is 1.66. The summed E-state index contributed by atoms with van der Waals surface area (Å²) in [6.07, 6.45) is 0. The zero-order valence-corrected chi connectivity index (χ0v) is 10.4. The molecule has 0 heterocycles. The summed E-state index contributed by atoms with van der Waals surface area (Å²) >= 11 is 0. The van der Waals surface area contributed by atoms with Gasteiger partial charge in [-0.1, -0.05) is 18.2 Å². The lowest BCUT2D eigenvalue weighted by atomic mass is 10.1. The lowest BCUT2D eigenvalue weighted by Crippen LogP contribution is -2.12. The van der Waals surface area contributed by atoms with Crippen LogP contribution in [-0.4, -0.2) is 19.5 Å². The Morgan fingerprint density at radius 1 is 1.16 bits per heavy atom. The molecule has 0 bridgehead atoms. The number of benzene rings is 2. The van der Waals surface area contributed by atoms with Gasteiger partial charge in [0.1, 0.15) is 17.3 Å². The van der Waals surface area contributed by atoms with E-state index in [1.807, 2.05) is 0 Å². The van der Waals surface area contributed by atoms with Crippen LogP contribution in [-0.2, 0) is 0 Å². The number of para-hydroxylation sites is 1. The standard InChI is InChI=1S/C15H13FO3/c1-18-15-8-3-2-7-13(15)14(17)10-19-12-6-4-5-11(16)9-12/h2-9H,10H2,1H3. The molecule has 0 aromatic heterocycles. The van der Waals surface area contributed by atoms with E-state index in [0.717, 1.165) is 0 Å². The highest BCUT2D eigenvalue weighted by Crippen LogP contribution is 2.19. The van der Waals surface area contributed by atoms with E-state index in [0.29, 0.717) is 17.1 Å². The Kier molecular flexibility index (Phi) is 4.13. The highest BCUT2D eigenvalue weighted by molar-refractivity contribution is 5.99. The van der Waals surface area contributed by atoms with Crippen molar-refractivity contribution in [3.8, 4) is 11.5 Å². The minimum atomic E-state index is -0.401. The second kappa shape index (κ2) is 6.00. The van der Waals surface area contributed by atoms with E-state index in [1.165, 1.54) is 25.3 Å². The van der Waals surface area contributed by atoms with Gasteiger partial charge in [0.15, 0.2) is 6.61 Å². The van der Waals surface area contributed by atoms with Crippen molar-refractivity contribution >= 4 is 5.78 Å². The molecule has 0 unspecified atom stereocenters. The zero-order valence-electron chi connectivity index (χ0n) is 10.4. The van der Waals surface area contributed by atoms with Crippen molar-refractivity contribution < 1.29 is 18.7 Å². The fraction of sp³-hybridized carbons (Fsp3) is 0.133. The first-order valence-corrected chi connectivity index (χ1v) is 5.75. The monoisotopic (exact) mass is 260 g/mol. The molecule has 0 saturated heterocycles. The molecule has 0 spiro atoms. The summed E-state index contributed by atoms with van der Waals surface area (Å²) in [6, 6.07) is 12.6. The van der Waals surface area contributed by atoms with Crippen LogP contribution < -0.4 is 9.47 Å². The van der Waals surface area contributed by atoms with Crippen molar-refractivity contribution in [3.63, 3.8) is 0 Å². The molecule has 2 rings (SSSR count). The van der Waals surface area contributed by atoms with Crippen LogP contribution in [0.4, 0.5) is 4.39 Å². The van der Waals surface area contributed by atoms with Gasteiger partial charge >= 0.3 is 0 Å². The molecule has 19 heavy (non-hydrogen) atoms. The van der Waals surface area contributed by atoms with Crippen molar-refractivity contribution in [2.75, 3.05) is 13.7 Å². The predicted octanol–water partition coefficient (Wildman–Crippen LogP) is 3.10. The summed E-state index contributed by atoms with van der Waals surface area (Å²) in [5.41, 5.74) is 0.446. The van der Waals surface area contributed by atoms with E-state index in [9.17, 15) is 9.18 Å². The number of halogens is 1. The largest absolute Gasteiger partial charge is 0.496 e. The summed E-state index contributed by atoms with van der Waals surface area (Å²) in [5, 5.41) is 0. The number of Topliss-reactive ketones (excluding diaryl/α,β-unsaturated/α-hetero) is 1. The summed E-state index contributed by atoms with van der Waals surface area (Å²) < 4.78 is 23.3. The Hall–Kier alpha value is -2.36. The summed E-state index contributed by atoms with van der Waals surface area (Å²) in [6.45, 7) is -0.163. The number of methoxy groups -OCH3 is 1. The second-order valence-electron chi connectivity index (χ2n) is 3.87. The normalized spacial score (nSPS) is 10.0. The van der Waals surface area contributed by atoms with Crippen LogP contribution in [0.2, 0.25) is 0 Å². The molecular weight excluding hydrogens is 247 g/mol. The molecular formula is C15H13FO3. The highest BCUT2D eigenvalue weighted by Gasteiger charge is 2.12. The molecule has 0 aliphatic carbocycles. The molecule has 0 radical (unpaired) electrons. The Morgan fingerprint density at radius 3 is 2.68 bits per heavy atom. The quantitative estimate of drug-likeness (QED) is 0.775. The maximum absolute atomic E-state index is 12.9. The van der Waals surface area contributed by atoms with E-state index >= 15 is 0 Å². The van der Waals surface area contributed by atoms with Crippen LogP contribution in [0.3, 0.4) is 0 Å². The van der Waals surface area contributed by atoms with Crippen LogP contribution in [0.25, 0.3) is 0 Å². The Bertz CT molecular complexity index is 581. The highest BCUT2D eigenvalue weighted by atomic mass is 19.1. The smallest absolute Gasteiger partial charge is 0.203 e. The van der Waals surface area contributed by atoms with Gasteiger partial charge in [-0.2, -0.15) is 0 Å². The van der Waals surface area contributed by atoms with Crippen LogP contribution in [0.5, 0.6) is 11.5 Å². The van der Waals surface area contributed by atoms with Gasteiger partial charge in [0, 0.05) is 6.07 Å². The van der Waals surface area contributed by atoms with Crippen molar-refractivity contribution in [2.24, 2.45) is 0 Å². The molecule has 98 valence electrons. The Balaban J connectivity index is 2.05. The third-order valence-electron chi connectivity index (χ3n) is 2.57. The molecule has 2 aromatic rings. The molecule has 0 fully saturated rings. The second-order valence-corrected chi connectivity index (χ2v) is 3.87. The Labute approximate surface area is 110 Å². The number of hydrogen-bond acceptors (Lipinski definition) is 3. The first-order chi connectivity index (χ1) is 9.20. The third-order valence-corrected chi connectivity index (χ3v) is 2.57. The van der Waals surface area contributed by atoms with E-state index in [1.54, 1.807) is 30.3 Å². The van der Waals surface area contributed by atoms with E-state index in [4.69, 9.17) is 9.47 Å². The van der Waals surface area contributed by atoms with Crippen LogP contribution >= 0.6 is 0 Å². The molecule has 0 saturated carbocycles. The number of carbonyl (C=O) groups excluding carboxylic acids is 1. The van der Waals surface area contributed by atoms with Gasteiger partial charge in [-0.25, -0.2) is 4.39 Å².